The molecule has 0 saturated heterocycles. The van der Waals surface area contributed by atoms with Crippen molar-refractivity contribution >= 4 is 22.4 Å². The molecule has 1 aromatic heterocycles. The molecule has 2 rings (SSSR count). The summed E-state index contributed by atoms with van der Waals surface area (Å²) in [6.45, 7) is 8.29. The zero-order valence-corrected chi connectivity index (χ0v) is 13.0. The van der Waals surface area contributed by atoms with Gasteiger partial charge in [0, 0.05) is 11.0 Å². The Bertz CT molecular complexity index is 619. The average molecular weight is 289 g/mol. The number of aryl methyl sites for hydroxylation is 1. The molecule has 0 spiro atoms. The number of nitrogens with zero attached hydrogens (tertiary/aromatic N) is 2. The number of aromatic nitrogens is 2. The van der Waals surface area contributed by atoms with Gasteiger partial charge in [-0.2, -0.15) is 0 Å². The largest absolute Gasteiger partial charge is 0.296 e. The molecule has 106 valence electrons. The highest BCUT2D eigenvalue weighted by Crippen LogP contribution is 2.31. The van der Waals surface area contributed by atoms with E-state index < -0.39 is 0 Å². The standard InChI is InChI=1S/C15H19N3OS/c1-5-15(3,4)13-17-18-14(20-13)16-12(19)11-9-7-6-8-10(11)2/h6-9H,5H2,1-4H3,(H,16,18,19). The summed E-state index contributed by atoms with van der Waals surface area (Å²) in [5.41, 5.74) is 1.60. The van der Waals surface area contributed by atoms with Gasteiger partial charge in [0.05, 0.1) is 0 Å². The zero-order chi connectivity index (χ0) is 14.8. The maximum absolute atomic E-state index is 12.2. The summed E-state index contributed by atoms with van der Waals surface area (Å²) in [5.74, 6) is -0.139. The van der Waals surface area contributed by atoms with Gasteiger partial charge in [-0.05, 0) is 25.0 Å². The number of carbonyl (C=O) groups is 1. The molecule has 0 aliphatic heterocycles. The fraction of sp³-hybridized carbons (Fsp3) is 0.400. The fourth-order valence-electron chi connectivity index (χ4n) is 1.69. The van der Waals surface area contributed by atoms with Crippen LogP contribution in [0.4, 0.5) is 5.13 Å². The minimum absolute atomic E-state index is 0.0106. The van der Waals surface area contributed by atoms with Crippen LogP contribution in [-0.2, 0) is 5.41 Å². The first-order valence-corrected chi connectivity index (χ1v) is 7.46. The second kappa shape index (κ2) is 5.71. The first-order chi connectivity index (χ1) is 9.44. The summed E-state index contributed by atoms with van der Waals surface area (Å²) in [6, 6.07) is 7.50. The SMILES string of the molecule is CCC(C)(C)c1nnc(NC(=O)c2ccccc2C)s1. The Balaban J connectivity index is 2.16. The number of benzene rings is 1. The second-order valence-electron chi connectivity index (χ2n) is 5.42. The molecule has 0 radical (unpaired) electrons. The molecule has 0 fully saturated rings. The van der Waals surface area contributed by atoms with Gasteiger partial charge in [0.2, 0.25) is 5.13 Å². The monoisotopic (exact) mass is 289 g/mol. The number of anilines is 1. The topological polar surface area (TPSA) is 54.9 Å². The van der Waals surface area contributed by atoms with Crippen LogP contribution in [0.1, 0.15) is 48.1 Å². The molecule has 0 atom stereocenters. The van der Waals surface area contributed by atoms with Crippen LogP contribution in [0.2, 0.25) is 0 Å². The van der Waals surface area contributed by atoms with Gasteiger partial charge < -0.3 is 0 Å². The van der Waals surface area contributed by atoms with Crippen LogP contribution in [0.3, 0.4) is 0 Å². The highest BCUT2D eigenvalue weighted by atomic mass is 32.1. The van der Waals surface area contributed by atoms with E-state index in [0.717, 1.165) is 17.0 Å². The van der Waals surface area contributed by atoms with E-state index in [2.05, 4.69) is 36.3 Å². The van der Waals surface area contributed by atoms with Gasteiger partial charge in [-0.1, -0.05) is 50.3 Å². The maximum atomic E-state index is 12.2. The number of amides is 1. The van der Waals surface area contributed by atoms with E-state index in [4.69, 9.17) is 0 Å². The van der Waals surface area contributed by atoms with E-state index in [-0.39, 0.29) is 11.3 Å². The van der Waals surface area contributed by atoms with E-state index in [1.165, 1.54) is 11.3 Å². The molecule has 0 bridgehead atoms. The average Bonchev–Trinajstić information content (AvgIpc) is 2.88. The van der Waals surface area contributed by atoms with Crippen LogP contribution in [0.25, 0.3) is 0 Å². The van der Waals surface area contributed by atoms with Crippen LogP contribution < -0.4 is 5.32 Å². The molecule has 20 heavy (non-hydrogen) atoms. The smallest absolute Gasteiger partial charge is 0.257 e. The van der Waals surface area contributed by atoms with Gasteiger partial charge in [0.1, 0.15) is 5.01 Å². The number of carbonyl (C=O) groups excluding carboxylic acids is 1. The number of hydrogen-bond acceptors (Lipinski definition) is 4. The van der Waals surface area contributed by atoms with Crippen molar-refractivity contribution in [3.05, 3.63) is 40.4 Å². The third-order valence-corrected chi connectivity index (χ3v) is 4.70. The molecule has 4 nitrogen and oxygen atoms in total. The lowest BCUT2D eigenvalue weighted by Gasteiger charge is -2.17. The van der Waals surface area contributed by atoms with Crippen LogP contribution in [0, 0.1) is 6.92 Å². The lowest BCUT2D eigenvalue weighted by Crippen LogP contribution is -2.14. The maximum Gasteiger partial charge on any atom is 0.257 e. The molecular formula is C15H19N3OS. The normalized spacial score (nSPS) is 11.4. The van der Waals surface area contributed by atoms with Crippen molar-refractivity contribution in [1.29, 1.82) is 0 Å². The van der Waals surface area contributed by atoms with Gasteiger partial charge in [0.15, 0.2) is 0 Å². The summed E-state index contributed by atoms with van der Waals surface area (Å²) in [6.07, 6.45) is 0.980. The van der Waals surface area contributed by atoms with E-state index in [1.807, 2.05) is 31.2 Å². The second-order valence-corrected chi connectivity index (χ2v) is 6.40. The molecule has 0 saturated carbocycles. The van der Waals surface area contributed by atoms with Crippen LogP contribution >= 0.6 is 11.3 Å². The van der Waals surface area contributed by atoms with E-state index in [1.54, 1.807) is 0 Å². The Labute approximate surface area is 123 Å². The van der Waals surface area contributed by atoms with Crippen molar-refractivity contribution in [2.45, 2.75) is 39.5 Å². The molecule has 2 aromatic rings. The molecule has 1 aromatic carbocycles. The number of nitrogens with one attached hydrogen (secondary N) is 1. The van der Waals surface area contributed by atoms with Crippen molar-refractivity contribution in [3.63, 3.8) is 0 Å². The molecule has 0 unspecified atom stereocenters. The number of rotatable bonds is 4. The van der Waals surface area contributed by atoms with Crippen molar-refractivity contribution < 1.29 is 4.79 Å². The summed E-state index contributed by atoms with van der Waals surface area (Å²) in [7, 11) is 0. The summed E-state index contributed by atoms with van der Waals surface area (Å²) in [4.78, 5) is 12.2. The van der Waals surface area contributed by atoms with E-state index >= 15 is 0 Å². The highest BCUT2D eigenvalue weighted by molar-refractivity contribution is 7.15. The van der Waals surface area contributed by atoms with Crippen LogP contribution in [-0.4, -0.2) is 16.1 Å². The predicted molar refractivity (Wildman–Crippen MR) is 82.4 cm³/mol. The van der Waals surface area contributed by atoms with Crippen molar-refractivity contribution in [3.8, 4) is 0 Å². The lowest BCUT2D eigenvalue weighted by molar-refractivity contribution is 0.102. The van der Waals surface area contributed by atoms with Gasteiger partial charge in [-0.25, -0.2) is 0 Å². The summed E-state index contributed by atoms with van der Waals surface area (Å²) >= 11 is 1.44. The van der Waals surface area contributed by atoms with Gasteiger partial charge in [0.25, 0.3) is 5.91 Å². The van der Waals surface area contributed by atoms with Crippen molar-refractivity contribution in [2.75, 3.05) is 5.32 Å². The van der Waals surface area contributed by atoms with Gasteiger partial charge >= 0.3 is 0 Å². The summed E-state index contributed by atoms with van der Waals surface area (Å²) < 4.78 is 0. The Morgan fingerprint density at radius 2 is 2.00 bits per heavy atom. The van der Waals surface area contributed by atoms with Gasteiger partial charge in [-0.15, -0.1) is 10.2 Å². The molecule has 5 heteroatoms. The quantitative estimate of drug-likeness (QED) is 0.931. The van der Waals surface area contributed by atoms with Crippen molar-refractivity contribution in [1.82, 2.24) is 10.2 Å². The third-order valence-electron chi connectivity index (χ3n) is 3.50. The molecular weight excluding hydrogens is 270 g/mol. The van der Waals surface area contributed by atoms with E-state index in [0.29, 0.717) is 10.7 Å². The Hall–Kier alpha value is -1.75. The molecule has 0 aliphatic rings. The zero-order valence-electron chi connectivity index (χ0n) is 12.2. The minimum atomic E-state index is -0.139. The van der Waals surface area contributed by atoms with E-state index in [9.17, 15) is 4.79 Å². The van der Waals surface area contributed by atoms with Crippen molar-refractivity contribution in [2.24, 2.45) is 0 Å². The van der Waals surface area contributed by atoms with Gasteiger partial charge in [-0.3, -0.25) is 10.1 Å². The highest BCUT2D eigenvalue weighted by Gasteiger charge is 2.23. The molecule has 1 amide bonds. The first kappa shape index (κ1) is 14.7. The Morgan fingerprint density at radius 1 is 1.30 bits per heavy atom. The lowest BCUT2D eigenvalue weighted by atomic mass is 9.91. The fourth-order valence-corrected chi connectivity index (χ4v) is 2.60. The molecule has 1 heterocycles. The molecule has 1 N–H and O–H groups in total. The minimum Gasteiger partial charge on any atom is -0.296 e. The Morgan fingerprint density at radius 3 is 2.65 bits per heavy atom. The predicted octanol–water partition coefficient (Wildman–Crippen LogP) is 3.79. The first-order valence-electron chi connectivity index (χ1n) is 6.65. The van der Waals surface area contributed by atoms with Crippen LogP contribution in [0.15, 0.2) is 24.3 Å². The third kappa shape index (κ3) is 3.04. The summed E-state index contributed by atoms with van der Waals surface area (Å²) in [5, 5.41) is 12.6. The van der Waals surface area contributed by atoms with Crippen LogP contribution in [0.5, 0.6) is 0 Å². The molecule has 0 aliphatic carbocycles. The number of hydrogen-bond donors (Lipinski definition) is 1. The Kier molecular flexibility index (Phi) is 4.18.